The average Bonchev–Trinajstić information content (AvgIpc) is 2.45. The lowest BCUT2D eigenvalue weighted by atomic mass is 9.83. The van der Waals surface area contributed by atoms with Crippen LogP contribution in [-0.4, -0.2) is 48.4 Å². The second kappa shape index (κ2) is 7.07. The Bertz CT molecular complexity index is 353. The Balaban J connectivity index is 2.07. The molecule has 0 bridgehead atoms. The lowest BCUT2D eigenvalue weighted by molar-refractivity contribution is -0.140. The minimum Gasteiger partial charge on any atom is -0.344 e. The third kappa shape index (κ3) is 3.72. The summed E-state index contributed by atoms with van der Waals surface area (Å²) in [5, 5.41) is 6.21. The smallest absolute Gasteiger partial charge is 0.245 e. The number of nitrogens with zero attached hydrogens (tertiary/aromatic N) is 1. The third-order valence-electron chi connectivity index (χ3n) is 4.53. The lowest BCUT2D eigenvalue weighted by Crippen LogP contribution is -2.59. The van der Waals surface area contributed by atoms with Crippen molar-refractivity contribution in [2.45, 2.75) is 58.0 Å². The Labute approximate surface area is 121 Å². The largest absolute Gasteiger partial charge is 0.344 e. The van der Waals surface area contributed by atoms with Crippen molar-refractivity contribution in [1.82, 2.24) is 15.5 Å². The molecule has 1 aliphatic heterocycles. The van der Waals surface area contributed by atoms with Crippen LogP contribution in [0.2, 0.25) is 0 Å². The van der Waals surface area contributed by atoms with Gasteiger partial charge in [0.1, 0.15) is 6.04 Å². The second-order valence-electron chi connectivity index (χ2n) is 6.16. The van der Waals surface area contributed by atoms with E-state index in [4.69, 9.17) is 0 Å². The maximum absolute atomic E-state index is 12.8. The predicted molar refractivity (Wildman–Crippen MR) is 78.2 cm³/mol. The molecule has 0 aromatic rings. The maximum atomic E-state index is 12.8. The zero-order valence-corrected chi connectivity index (χ0v) is 12.7. The van der Waals surface area contributed by atoms with E-state index in [1.54, 1.807) is 0 Å². The predicted octanol–water partition coefficient (Wildman–Crippen LogP) is 0.892. The van der Waals surface area contributed by atoms with Crippen LogP contribution in [0.4, 0.5) is 0 Å². The van der Waals surface area contributed by atoms with Gasteiger partial charge >= 0.3 is 0 Å². The molecule has 0 radical (unpaired) electrons. The molecular weight excluding hydrogens is 254 g/mol. The molecule has 114 valence electrons. The Morgan fingerprint density at radius 1 is 1.25 bits per heavy atom. The van der Waals surface area contributed by atoms with Crippen molar-refractivity contribution in [3.8, 4) is 0 Å². The zero-order chi connectivity index (χ0) is 14.5. The van der Waals surface area contributed by atoms with Crippen LogP contribution in [0.3, 0.4) is 0 Å². The Morgan fingerprint density at radius 2 is 1.95 bits per heavy atom. The van der Waals surface area contributed by atoms with Crippen molar-refractivity contribution < 1.29 is 9.59 Å². The summed E-state index contributed by atoms with van der Waals surface area (Å²) < 4.78 is 0. The molecule has 20 heavy (non-hydrogen) atoms. The van der Waals surface area contributed by atoms with E-state index < -0.39 is 0 Å². The van der Waals surface area contributed by atoms with Gasteiger partial charge in [0.15, 0.2) is 0 Å². The highest BCUT2D eigenvalue weighted by Gasteiger charge is 2.35. The first-order valence-electron chi connectivity index (χ1n) is 7.88. The topological polar surface area (TPSA) is 61.4 Å². The fourth-order valence-corrected chi connectivity index (χ4v) is 3.41. The highest BCUT2D eigenvalue weighted by Crippen LogP contribution is 2.27. The second-order valence-corrected chi connectivity index (χ2v) is 6.16. The standard InChI is InChI=1S/C15H27N3O2/c1-11-10-16-8-9-18(11)15(20)14(17-12(2)19)13-6-4-3-5-7-13/h11,13-14,16H,3-10H2,1-2H3,(H,17,19)/t11-,14?/m1/s1. The van der Waals surface area contributed by atoms with Crippen molar-refractivity contribution in [2.75, 3.05) is 19.6 Å². The van der Waals surface area contributed by atoms with Crippen LogP contribution < -0.4 is 10.6 Å². The van der Waals surface area contributed by atoms with Crippen molar-refractivity contribution in [2.24, 2.45) is 5.92 Å². The summed E-state index contributed by atoms with van der Waals surface area (Å²) in [7, 11) is 0. The quantitative estimate of drug-likeness (QED) is 0.808. The van der Waals surface area contributed by atoms with Crippen molar-refractivity contribution in [3.05, 3.63) is 0 Å². The number of amides is 2. The number of piperazine rings is 1. The van der Waals surface area contributed by atoms with Crippen LogP contribution in [-0.2, 0) is 9.59 Å². The molecule has 1 saturated heterocycles. The van der Waals surface area contributed by atoms with Gasteiger partial charge in [-0.2, -0.15) is 0 Å². The first kappa shape index (κ1) is 15.3. The Morgan fingerprint density at radius 3 is 2.55 bits per heavy atom. The van der Waals surface area contributed by atoms with Crippen molar-refractivity contribution >= 4 is 11.8 Å². The van der Waals surface area contributed by atoms with Gasteiger partial charge in [0, 0.05) is 32.6 Å². The molecule has 5 nitrogen and oxygen atoms in total. The van der Waals surface area contributed by atoms with E-state index >= 15 is 0 Å². The summed E-state index contributed by atoms with van der Waals surface area (Å²) in [4.78, 5) is 26.2. The molecule has 2 N–H and O–H groups in total. The Hall–Kier alpha value is -1.10. The molecule has 2 atom stereocenters. The zero-order valence-electron chi connectivity index (χ0n) is 12.7. The summed E-state index contributed by atoms with van der Waals surface area (Å²) in [5.74, 6) is 0.319. The number of nitrogens with one attached hydrogen (secondary N) is 2. The summed E-state index contributed by atoms with van der Waals surface area (Å²) in [6.45, 7) is 5.99. The van der Waals surface area contributed by atoms with E-state index in [-0.39, 0.29) is 23.9 Å². The molecule has 2 fully saturated rings. The number of hydrogen-bond donors (Lipinski definition) is 2. The van der Waals surface area contributed by atoms with Crippen LogP contribution >= 0.6 is 0 Å². The van der Waals surface area contributed by atoms with E-state index in [9.17, 15) is 9.59 Å². The molecule has 2 aliphatic rings. The molecule has 1 heterocycles. The van der Waals surface area contributed by atoms with Gasteiger partial charge in [-0.25, -0.2) is 0 Å². The minimum absolute atomic E-state index is 0.100. The van der Waals surface area contributed by atoms with Gasteiger partial charge in [0.25, 0.3) is 0 Å². The van der Waals surface area contributed by atoms with Crippen LogP contribution in [0.15, 0.2) is 0 Å². The van der Waals surface area contributed by atoms with Gasteiger partial charge in [0.05, 0.1) is 0 Å². The SMILES string of the molecule is CC(=O)NC(C(=O)N1CCNC[C@H]1C)C1CCCCC1. The molecule has 0 spiro atoms. The van der Waals surface area contributed by atoms with E-state index in [0.29, 0.717) is 5.92 Å². The minimum atomic E-state index is -0.326. The first-order chi connectivity index (χ1) is 9.59. The van der Waals surface area contributed by atoms with Crippen LogP contribution in [0.25, 0.3) is 0 Å². The van der Waals surface area contributed by atoms with E-state index in [1.807, 2.05) is 4.90 Å². The van der Waals surface area contributed by atoms with Gasteiger partial charge < -0.3 is 15.5 Å². The molecule has 2 amide bonds. The highest BCUT2D eigenvalue weighted by molar-refractivity contribution is 5.87. The summed E-state index contributed by atoms with van der Waals surface area (Å²) >= 11 is 0. The van der Waals surface area contributed by atoms with E-state index in [0.717, 1.165) is 32.5 Å². The van der Waals surface area contributed by atoms with Gasteiger partial charge in [-0.05, 0) is 25.7 Å². The van der Waals surface area contributed by atoms with Crippen LogP contribution in [0.5, 0.6) is 0 Å². The van der Waals surface area contributed by atoms with Gasteiger partial charge in [-0.3, -0.25) is 9.59 Å². The average molecular weight is 281 g/mol. The third-order valence-corrected chi connectivity index (χ3v) is 4.53. The maximum Gasteiger partial charge on any atom is 0.245 e. The van der Waals surface area contributed by atoms with Crippen LogP contribution in [0.1, 0.15) is 46.0 Å². The molecule has 0 aromatic heterocycles. The van der Waals surface area contributed by atoms with Crippen molar-refractivity contribution in [3.63, 3.8) is 0 Å². The van der Waals surface area contributed by atoms with Crippen LogP contribution in [0, 0.1) is 5.92 Å². The Kier molecular flexibility index (Phi) is 5.40. The van der Waals surface area contributed by atoms with Crippen molar-refractivity contribution in [1.29, 1.82) is 0 Å². The molecule has 5 heteroatoms. The number of hydrogen-bond acceptors (Lipinski definition) is 3. The highest BCUT2D eigenvalue weighted by atomic mass is 16.2. The first-order valence-corrected chi connectivity index (χ1v) is 7.88. The lowest BCUT2D eigenvalue weighted by Gasteiger charge is -2.39. The summed E-state index contributed by atoms with van der Waals surface area (Å²) in [6, 6.07) is -0.121. The molecule has 1 unspecified atom stereocenters. The number of rotatable bonds is 3. The molecular formula is C15H27N3O2. The summed E-state index contributed by atoms with van der Waals surface area (Å²) in [6.07, 6.45) is 5.70. The number of carbonyl (C=O) groups excluding carboxylic acids is 2. The fourth-order valence-electron chi connectivity index (χ4n) is 3.41. The molecule has 2 rings (SSSR count). The van der Waals surface area contributed by atoms with Gasteiger partial charge in [-0.15, -0.1) is 0 Å². The molecule has 0 aromatic carbocycles. The molecule has 1 aliphatic carbocycles. The monoisotopic (exact) mass is 281 g/mol. The molecule has 1 saturated carbocycles. The van der Waals surface area contributed by atoms with E-state index in [1.165, 1.54) is 26.2 Å². The normalized spacial score (nSPS) is 26.1. The van der Waals surface area contributed by atoms with Gasteiger partial charge in [-0.1, -0.05) is 19.3 Å². The van der Waals surface area contributed by atoms with E-state index in [2.05, 4.69) is 17.6 Å². The summed E-state index contributed by atoms with van der Waals surface area (Å²) in [5.41, 5.74) is 0. The van der Waals surface area contributed by atoms with Gasteiger partial charge in [0.2, 0.25) is 11.8 Å². The fraction of sp³-hybridized carbons (Fsp3) is 0.867. The number of carbonyl (C=O) groups is 2.